The first-order chi connectivity index (χ1) is 11.5. The Labute approximate surface area is 151 Å². The maximum absolute atomic E-state index is 10.2. The van der Waals surface area contributed by atoms with Crippen LogP contribution in [-0.4, -0.2) is 79.2 Å². The molecule has 1 saturated heterocycles. The second-order valence-corrected chi connectivity index (χ2v) is 8.69. The third-order valence-corrected chi connectivity index (χ3v) is 7.15. The first-order valence-corrected chi connectivity index (χ1v) is 10.0. The van der Waals surface area contributed by atoms with Crippen LogP contribution in [0.3, 0.4) is 0 Å². The Balaban J connectivity index is 1.60. The van der Waals surface area contributed by atoms with Crippen molar-refractivity contribution in [1.29, 1.82) is 0 Å². The maximum atomic E-state index is 10.2. The highest BCUT2D eigenvalue weighted by atomic mass is 32.2. The zero-order valence-electron chi connectivity index (χ0n) is 13.5. The van der Waals surface area contributed by atoms with Gasteiger partial charge in [0.25, 0.3) is 0 Å². The summed E-state index contributed by atoms with van der Waals surface area (Å²) in [7, 11) is 0. The SMILES string of the molecule is OC[C@H]1OC(SC2CCCC2OC2CCCC2=S)[C@H](O)[C@@H](O)[C@H]1O. The van der Waals surface area contributed by atoms with Crippen LogP contribution in [0.15, 0.2) is 0 Å². The van der Waals surface area contributed by atoms with Gasteiger partial charge in [0.1, 0.15) is 29.9 Å². The predicted molar refractivity (Wildman–Crippen MR) is 94.1 cm³/mol. The highest BCUT2D eigenvalue weighted by Gasteiger charge is 2.46. The lowest BCUT2D eigenvalue weighted by atomic mass is 10.0. The summed E-state index contributed by atoms with van der Waals surface area (Å²) in [6.07, 6.45) is 1.39. The van der Waals surface area contributed by atoms with Crippen molar-refractivity contribution in [2.24, 2.45) is 0 Å². The van der Waals surface area contributed by atoms with Crippen molar-refractivity contribution in [1.82, 2.24) is 0 Å². The van der Waals surface area contributed by atoms with Gasteiger partial charge in [-0.25, -0.2) is 0 Å². The molecule has 0 amide bonds. The van der Waals surface area contributed by atoms with Crippen LogP contribution in [0.1, 0.15) is 38.5 Å². The van der Waals surface area contributed by atoms with Crippen LogP contribution in [0.5, 0.6) is 0 Å². The van der Waals surface area contributed by atoms with Crippen LogP contribution in [-0.2, 0) is 9.47 Å². The van der Waals surface area contributed by atoms with Crippen LogP contribution in [0.25, 0.3) is 0 Å². The van der Waals surface area contributed by atoms with E-state index in [0.717, 1.165) is 43.4 Å². The van der Waals surface area contributed by atoms with E-state index >= 15 is 0 Å². The monoisotopic (exact) mass is 378 g/mol. The molecule has 1 heterocycles. The third kappa shape index (κ3) is 3.96. The van der Waals surface area contributed by atoms with Crippen molar-refractivity contribution in [2.45, 2.75) is 85.8 Å². The van der Waals surface area contributed by atoms with Gasteiger partial charge in [-0.05, 0) is 38.5 Å². The van der Waals surface area contributed by atoms with Crippen LogP contribution in [0, 0.1) is 0 Å². The van der Waals surface area contributed by atoms with Crippen molar-refractivity contribution in [3.05, 3.63) is 0 Å². The van der Waals surface area contributed by atoms with E-state index in [1.54, 1.807) is 0 Å². The van der Waals surface area contributed by atoms with Crippen molar-refractivity contribution in [2.75, 3.05) is 6.61 Å². The summed E-state index contributed by atoms with van der Waals surface area (Å²) in [4.78, 5) is 0.999. The molecule has 2 saturated carbocycles. The summed E-state index contributed by atoms with van der Waals surface area (Å²) in [5.41, 5.74) is -0.690. The fourth-order valence-electron chi connectivity index (χ4n) is 3.69. The number of thiocarbonyl (C=S) groups is 1. The summed E-state index contributed by atoms with van der Waals surface area (Å²) < 4.78 is 11.8. The van der Waals surface area contributed by atoms with Gasteiger partial charge in [-0.2, -0.15) is 0 Å². The van der Waals surface area contributed by atoms with Crippen LogP contribution >= 0.6 is 24.0 Å². The van der Waals surface area contributed by atoms with E-state index in [2.05, 4.69) is 0 Å². The molecule has 8 heteroatoms. The molecule has 24 heavy (non-hydrogen) atoms. The van der Waals surface area contributed by atoms with Gasteiger partial charge in [-0.3, -0.25) is 0 Å². The van der Waals surface area contributed by atoms with Gasteiger partial charge in [-0.15, -0.1) is 11.8 Å². The van der Waals surface area contributed by atoms with E-state index in [1.807, 2.05) is 0 Å². The molecule has 0 aromatic rings. The lowest BCUT2D eigenvalue weighted by Crippen LogP contribution is -2.58. The van der Waals surface area contributed by atoms with Crippen molar-refractivity contribution >= 4 is 28.8 Å². The smallest absolute Gasteiger partial charge is 0.132 e. The fraction of sp³-hybridized carbons (Fsp3) is 0.938. The Bertz CT molecular complexity index is 448. The zero-order valence-corrected chi connectivity index (χ0v) is 15.1. The molecular formula is C16H26O6S2. The van der Waals surface area contributed by atoms with E-state index < -0.39 is 36.5 Å². The Morgan fingerprint density at radius 3 is 2.54 bits per heavy atom. The lowest BCUT2D eigenvalue weighted by Gasteiger charge is -2.41. The zero-order chi connectivity index (χ0) is 17.3. The van der Waals surface area contributed by atoms with Gasteiger partial charge in [0.15, 0.2) is 0 Å². The Hall–Kier alpha value is 0.200. The number of ether oxygens (including phenoxy) is 2. The number of rotatable bonds is 5. The maximum Gasteiger partial charge on any atom is 0.132 e. The van der Waals surface area contributed by atoms with E-state index in [1.165, 1.54) is 11.8 Å². The molecule has 4 N–H and O–H groups in total. The van der Waals surface area contributed by atoms with E-state index in [4.69, 9.17) is 21.7 Å². The molecule has 1 aliphatic heterocycles. The Morgan fingerprint density at radius 1 is 1.08 bits per heavy atom. The van der Waals surface area contributed by atoms with E-state index in [-0.39, 0.29) is 17.5 Å². The Kier molecular flexibility index (Phi) is 6.53. The quantitative estimate of drug-likeness (QED) is 0.510. The highest BCUT2D eigenvalue weighted by molar-refractivity contribution is 8.00. The number of aliphatic hydroxyl groups excluding tert-OH is 4. The molecule has 0 aromatic heterocycles. The minimum absolute atomic E-state index is 0.0565. The van der Waals surface area contributed by atoms with Crippen molar-refractivity contribution in [3.63, 3.8) is 0 Å². The molecule has 3 rings (SSSR count). The number of hydrogen-bond acceptors (Lipinski definition) is 8. The van der Waals surface area contributed by atoms with Gasteiger partial charge in [0.2, 0.25) is 0 Å². The van der Waals surface area contributed by atoms with E-state index in [0.29, 0.717) is 0 Å². The average molecular weight is 379 g/mol. The Morgan fingerprint density at radius 2 is 1.88 bits per heavy atom. The standard InChI is InChI=1S/C16H26O6S2/c17-7-10-13(18)14(19)15(20)16(22-10)24-12-6-2-4-9(12)21-8-3-1-5-11(8)23/h8-10,12-20H,1-7H2/t8?,9?,10-,12?,13+,14+,15-,16?/m1/s1. The molecule has 6 nitrogen and oxygen atoms in total. The molecule has 3 fully saturated rings. The molecule has 4 unspecified atom stereocenters. The van der Waals surface area contributed by atoms with Crippen LogP contribution < -0.4 is 0 Å². The summed E-state index contributed by atoms with van der Waals surface area (Å²) in [5.74, 6) is 0. The van der Waals surface area contributed by atoms with Gasteiger partial charge >= 0.3 is 0 Å². The molecule has 8 atom stereocenters. The summed E-state index contributed by atoms with van der Waals surface area (Å²) in [6.45, 7) is -0.400. The van der Waals surface area contributed by atoms with Crippen molar-refractivity contribution in [3.8, 4) is 0 Å². The third-order valence-electron chi connectivity index (χ3n) is 5.14. The van der Waals surface area contributed by atoms with Gasteiger partial charge in [-0.1, -0.05) is 12.2 Å². The number of aliphatic hydroxyl groups is 4. The van der Waals surface area contributed by atoms with Crippen molar-refractivity contribution < 1.29 is 29.9 Å². The second-order valence-electron chi connectivity index (χ2n) is 6.82. The van der Waals surface area contributed by atoms with Crippen LogP contribution in [0.4, 0.5) is 0 Å². The summed E-state index contributed by atoms with van der Waals surface area (Å²) >= 11 is 6.80. The molecule has 0 radical (unpaired) electrons. The fourth-order valence-corrected chi connectivity index (χ4v) is 5.56. The highest BCUT2D eigenvalue weighted by Crippen LogP contribution is 2.40. The van der Waals surface area contributed by atoms with Gasteiger partial charge in [0.05, 0.1) is 18.8 Å². The number of hydrogen-bond donors (Lipinski definition) is 4. The minimum Gasteiger partial charge on any atom is -0.394 e. The molecule has 138 valence electrons. The lowest BCUT2D eigenvalue weighted by molar-refractivity contribution is -0.205. The van der Waals surface area contributed by atoms with Crippen LogP contribution in [0.2, 0.25) is 0 Å². The largest absolute Gasteiger partial charge is 0.394 e. The topological polar surface area (TPSA) is 99.4 Å². The summed E-state index contributed by atoms with van der Waals surface area (Å²) in [6, 6.07) is 0. The number of thioether (sulfide) groups is 1. The van der Waals surface area contributed by atoms with Gasteiger partial charge in [0, 0.05) is 10.1 Å². The first kappa shape index (κ1) is 19.0. The molecular weight excluding hydrogens is 352 g/mol. The summed E-state index contributed by atoms with van der Waals surface area (Å²) in [5, 5.41) is 39.4. The average Bonchev–Trinajstić information content (AvgIpc) is 3.18. The normalized spacial score (nSPS) is 46.6. The molecule has 0 spiro atoms. The molecule has 3 aliphatic rings. The molecule has 0 aromatic carbocycles. The predicted octanol–water partition coefficient (Wildman–Crippen LogP) is 0.380. The van der Waals surface area contributed by atoms with E-state index in [9.17, 15) is 20.4 Å². The first-order valence-electron chi connectivity index (χ1n) is 8.65. The van der Waals surface area contributed by atoms with Gasteiger partial charge < -0.3 is 29.9 Å². The molecule has 0 bridgehead atoms. The minimum atomic E-state index is -1.32. The molecule has 2 aliphatic carbocycles. The second kappa shape index (κ2) is 8.26.